The first kappa shape index (κ1) is 15.0. The molecule has 0 aliphatic rings. The zero-order valence-corrected chi connectivity index (χ0v) is 13.2. The van der Waals surface area contributed by atoms with E-state index >= 15 is 0 Å². The fraction of sp³-hybridized carbons (Fsp3) is 0.312. The van der Waals surface area contributed by atoms with E-state index in [-0.39, 0.29) is 0 Å². The van der Waals surface area contributed by atoms with Crippen LogP contribution in [0.2, 0.25) is 0 Å². The fourth-order valence-electron chi connectivity index (χ4n) is 1.89. The van der Waals surface area contributed by atoms with Crippen molar-refractivity contribution >= 4 is 15.9 Å². The predicted molar refractivity (Wildman–Crippen MR) is 84.8 cm³/mol. The fourth-order valence-corrected chi connectivity index (χ4v) is 2.16. The highest BCUT2D eigenvalue weighted by atomic mass is 79.9. The highest BCUT2D eigenvalue weighted by Crippen LogP contribution is 2.16. The van der Waals surface area contributed by atoms with Crippen molar-refractivity contribution in [2.24, 2.45) is 0 Å². The van der Waals surface area contributed by atoms with Crippen molar-refractivity contribution in [2.45, 2.75) is 13.5 Å². The highest BCUT2D eigenvalue weighted by molar-refractivity contribution is 9.10. The van der Waals surface area contributed by atoms with E-state index in [9.17, 15) is 0 Å². The summed E-state index contributed by atoms with van der Waals surface area (Å²) in [5.41, 5.74) is 1.10. The number of hydrogen-bond acceptors (Lipinski definition) is 3. The average Bonchev–Trinajstić information content (AvgIpc) is 2.49. The number of pyridine rings is 1. The van der Waals surface area contributed by atoms with Crippen LogP contribution in [0.15, 0.2) is 53.1 Å². The molecule has 0 atom stereocenters. The Labute approximate surface area is 128 Å². The third-order valence-corrected chi connectivity index (χ3v) is 3.58. The Morgan fingerprint density at radius 1 is 1.15 bits per heavy atom. The Bertz CT molecular complexity index is 502. The number of benzene rings is 1. The molecule has 0 unspecified atom stereocenters. The van der Waals surface area contributed by atoms with Crippen LogP contribution in [-0.4, -0.2) is 29.6 Å². The molecule has 0 bridgehead atoms. The summed E-state index contributed by atoms with van der Waals surface area (Å²) < 4.78 is 6.81. The van der Waals surface area contributed by atoms with Crippen molar-refractivity contribution in [1.82, 2.24) is 9.88 Å². The van der Waals surface area contributed by atoms with Crippen LogP contribution in [0.3, 0.4) is 0 Å². The maximum atomic E-state index is 5.75. The lowest BCUT2D eigenvalue weighted by Gasteiger charge is -2.20. The molecule has 1 heterocycles. The van der Waals surface area contributed by atoms with E-state index in [1.807, 2.05) is 42.6 Å². The smallest absolute Gasteiger partial charge is 0.119 e. The molecule has 1 aromatic heterocycles. The molecule has 0 aliphatic carbocycles. The van der Waals surface area contributed by atoms with Crippen LogP contribution >= 0.6 is 15.9 Å². The Balaban J connectivity index is 1.78. The minimum atomic E-state index is 0.683. The molecule has 20 heavy (non-hydrogen) atoms. The van der Waals surface area contributed by atoms with Crippen molar-refractivity contribution in [3.8, 4) is 5.75 Å². The van der Waals surface area contributed by atoms with Crippen LogP contribution in [0.1, 0.15) is 12.6 Å². The summed E-state index contributed by atoms with van der Waals surface area (Å²) in [6.07, 6.45) is 1.83. The molecule has 0 aliphatic heterocycles. The van der Waals surface area contributed by atoms with Gasteiger partial charge in [-0.25, -0.2) is 0 Å². The van der Waals surface area contributed by atoms with E-state index < -0.39 is 0 Å². The lowest BCUT2D eigenvalue weighted by molar-refractivity contribution is 0.208. The van der Waals surface area contributed by atoms with Gasteiger partial charge in [-0.3, -0.25) is 9.88 Å². The first-order chi connectivity index (χ1) is 9.78. The number of rotatable bonds is 7. The van der Waals surface area contributed by atoms with E-state index in [4.69, 9.17) is 4.74 Å². The van der Waals surface area contributed by atoms with Crippen LogP contribution in [-0.2, 0) is 6.54 Å². The number of nitrogens with zero attached hydrogens (tertiary/aromatic N) is 2. The monoisotopic (exact) mass is 334 g/mol. The van der Waals surface area contributed by atoms with Gasteiger partial charge in [-0.2, -0.15) is 0 Å². The van der Waals surface area contributed by atoms with E-state index in [0.29, 0.717) is 6.61 Å². The van der Waals surface area contributed by atoms with Crippen molar-refractivity contribution < 1.29 is 4.74 Å². The second-order valence-electron chi connectivity index (χ2n) is 4.49. The first-order valence-corrected chi connectivity index (χ1v) is 7.58. The van der Waals surface area contributed by atoms with Crippen LogP contribution in [0.4, 0.5) is 0 Å². The molecule has 0 radical (unpaired) electrons. The van der Waals surface area contributed by atoms with Crippen molar-refractivity contribution in [2.75, 3.05) is 19.7 Å². The summed E-state index contributed by atoms with van der Waals surface area (Å²) in [6.45, 7) is 5.58. The molecule has 0 spiro atoms. The lowest BCUT2D eigenvalue weighted by Crippen LogP contribution is -2.28. The summed E-state index contributed by atoms with van der Waals surface area (Å²) in [7, 11) is 0. The normalized spacial score (nSPS) is 10.8. The van der Waals surface area contributed by atoms with Crippen LogP contribution in [0, 0.1) is 0 Å². The zero-order chi connectivity index (χ0) is 14.2. The lowest BCUT2D eigenvalue weighted by atomic mass is 10.3. The summed E-state index contributed by atoms with van der Waals surface area (Å²) in [6, 6.07) is 13.9. The summed E-state index contributed by atoms with van der Waals surface area (Å²) in [4.78, 5) is 6.68. The van der Waals surface area contributed by atoms with E-state index in [1.165, 1.54) is 0 Å². The van der Waals surface area contributed by atoms with Gasteiger partial charge in [0.25, 0.3) is 0 Å². The highest BCUT2D eigenvalue weighted by Gasteiger charge is 2.04. The molecule has 2 aromatic rings. The summed E-state index contributed by atoms with van der Waals surface area (Å²) in [5.74, 6) is 0.905. The Hall–Kier alpha value is -1.39. The van der Waals surface area contributed by atoms with Crippen LogP contribution in [0.5, 0.6) is 5.75 Å². The van der Waals surface area contributed by atoms with Gasteiger partial charge in [0.1, 0.15) is 12.4 Å². The van der Waals surface area contributed by atoms with Gasteiger partial charge < -0.3 is 4.74 Å². The standard InChI is InChI=1S/C16H19BrN2O/c1-2-19(13-15-5-3-4-10-18-15)11-12-20-16-8-6-14(17)7-9-16/h3-10H,2,11-13H2,1H3. The SMILES string of the molecule is CCN(CCOc1ccc(Br)cc1)Cc1ccccn1. The number of ether oxygens (including phenoxy) is 1. The second kappa shape index (κ2) is 8.02. The number of aromatic nitrogens is 1. The molecule has 0 saturated heterocycles. The Morgan fingerprint density at radius 2 is 1.95 bits per heavy atom. The van der Waals surface area contributed by atoms with Gasteiger partial charge in [-0.1, -0.05) is 28.9 Å². The average molecular weight is 335 g/mol. The van der Waals surface area contributed by atoms with E-state index in [0.717, 1.165) is 35.6 Å². The van der Waals surface area contributed by atoms with Crippen molar-refractivity contribution in [3.63, 3.8) is 0 Å². The minimum absolute atomic E-state index is 0.683. The molecule has 4 heteroatoms. The molecule has 1 aromatic carbocycles. The quantitative estimate of drug-likeness (QED) is 0.771. The Kier molecular flexibility index (Phi) is 6.02. The molecular formula is C16H19BrN2O. The largest absolute Gasteiger partial charge is 0.492 e. The number of likely N-dealkylation sites (N-methyl/N-ethyl adjacent to an activating group) is 1. The first-order valence-electron chi connectivity index (χ1n) is 6.78. The van der Waals surface area contributed by atoms with Crippen molar-refractivity contribution in [1.29, 1.82) is 0 Å². The molecule has 0 saturated carbocycles. The van der Waals surface area contributed by atoms with Gasteiger partial charge in [0.05, 0.1) is 5.69 Å². The number of hydrogen-bond donors (Lipinski definition) is 0. The second-order valence-corrected chi connectivity index (χ2v) is 5.41. The number of halogens is 1. The third-order valence-electron chi connectivity index (χ3n) is 3.05. The minimum Gasteiger partial charge on any atom is -0.492 e. The maximum absolute atomic E-state index is 5.75. The van der Waals surface area contributed by atoms with Crippen molar-refractivity contribution in [3.05, 3.63) is 58.8 Å². The van der Waals surface area contributed by atoms with Crippen LogP contribution < -0.4 is 4.74 Å². The maximum Gasteiger partial charge on any atom is 0.119 e. The molecule has 106 valence electrons. The van der Waals surface area contributed by atoms with Gasteiger partial charge >= 0.3 is 0 Å². The van der Waals surface area contributed by atoms with E-state index in [2.05, 4.69) is 38.8 Å². The molecule has 3 nitrogen and oxygen atoms in total. The third kappa shape index (κ3) is 4.94. The van der Waals surface area contributed by atoms with Gasteiger partial charge in [0.2, 0.25) is 0 Å². The summed E-state index contributed by atoms with van der Waals surface area (Å²) >= 11 is 3.41. The molecular weight excluding hydrogens is 316 g/mol. The summed E-state index contributed by atoms with van der Waals surface area (Å²) in [5, 5.41) is 0. The molecule has 0 fully saturated rings. The molecule has 0 N–H and O–H groups in total. The van der Waals surface area contributed by atoms with Gasteiger partial charge in [0, 0.05) is 23.8 Å². The van der Waals surface area contributed by atoms with Crippen LogP contribution in [0.25, 0.3) is 0 Å². The zero-order valence-electron chi connectivity index (χ0n) is 11.6. The molecule has 2 rings (SSSR count). The topological polar surface area (TPSA) is 25.4 Å². The predicted octanol–water partition coefficient (Wildman–Crippen LogP) is 3.75. The van der Waals surface area contributed by atoms with Gasteiger partial charge in [-0.15, -0.1) is 0 Å². The molecule has 0 amide bonds. The van der Waals surface area contributed by atoms with Gasteiger partial charge in [0.15, 0.2) is 0 Å². The van der Waals surface area contributed by atoms with Gasteiger partial charge in [-0.05, 0) is 42.9 Å². The Morgan fingerprint density at radius 3 is 2.60 bits per heavy atom. The van der Waals surface area contributed by atoms with E-state index in [1.54, 1.807) is 0 Å².